The van der Waals surface area contributed by atoms with E-state index in [-0.39, 0.29) is 30.0 Å². The Bertz CT molecular complexity index is 764. The number of esters is 2. The van der Waals surface area contributed by atoms with Gasteiger partial charge in [-0.3, -0.25) is 4.79 Å². The van der Waals surface area contributed by atoms with E-state index in [1.54, 1.807) is 6.92 Å². The van der Waals surface area contributed by atoms with Gasteiger partial charge in [0.05, 0.1) is 6.61 Å². The van der Waals surface area contributed by atoms with E-state index >= 15 is 0 Å². The van der Waals surface area contributed by atoms with Crippen LogP contribution in [0.15, 0.2) is 11.6 Å². The Balaban J connectivity index is 1.59. The minimum Gasteiger partial charge on any atom is -0.462 e. The van der Waals surface area contributed by atoms with Crippen molar-refractivity contribution < 1.29 is 27.8 Å². The molecule has 0 aromatic heterocycles. The van der Waals surface area contributed by atoms with Crippen LogP contribution >= 0.6 is 0 Å². The van der Waals surface area contributed by atoms with Gasteiger partial charge in [-0.15, -0.1) is 0 Å². The molecule has 4 nitrogen and oxygen atoms in total. The van der Waals surface area contributed by atoms with Gasteiger partial charge in [-0.25, -0.2) is 4.79 Å². The van der Waals surface area contributed by atoms with Crippen molar-refractivity contribution in [3.63, 3.8) is 0 Å². The highest BCUT2D eigenvalue weighted by molar-refractivity contribution is 5.77. The van der Waals surface area contributed by atoms with Gasteiger partial charge in [0.1, 0.15) is 6.10 Å². The summed E-state index contributed by atoms with van der Waals surface area (Å²) in [4.78, 5) is 23.0. The standard InChI is InChI=1S/C28H44F2O4/c1-6-33-26(32)28(29,30)17-18(2)8-7-9-23-19(3)10-13-25-24(23)12-11-21-16-22(34-20(4)31)14-15-27(21,25)5/h11,18-19,22-25H,6-10,12-17H2,1-5H3. The summed E-state index contributed by atoms with van der Waals surface area (Å²) >= 11 is 0. The van der Waals surface area contributed by atoms with E-state index < -0.39 is 18.3 Å². The lowest BCUT2D eigenvalue weighted by atomic mass is 9.50. The molecule has 0 spiro atoms. The summed E-state index contributed by atoms with van der Waals surface area (Å²) in [6.45, 7) is 9.62. The molecule has 194 valence electrons. The highest BCUT2D eigenvalue weighted by atomic mass is 19.3. The molecule has 6 heteroatoms. The Hall–Kier alpha value is -1.46. The maximum atomic E-state index is 14.1. The molecule has 0 saturated heterocycles. The third kappa shape index (κ3) is 6.02. The number of allylic oxidation sites excluding steroid dienone is 1. The van der Waals surface area contributed by atoms with Crippen LogP contribution < -0.4 is 0 Å². The number of carbonyl (C=O) groups excluding carboxylic acids is 2. The third-order valence-electron chi connectivity index (χ3n) is 9.10. The molecule has 0 N–H and O–H groups in total. The van der Waals surface area contributed by atoms with Gasteiger partial charge in [-0.2, -0.15) is 8.78 Å². The Kier molecular flexibility index (Phi) is 8.84. The van der Waals surface area contributed by atoms with Crippen LogP contribution in [-0.4, -0.2) is 30.6 Å². The zero-order valence-electron chi connectivity index (χ0n) is 21.7. The van der Waals surface area contributed by atoms with Crippen molar-refractivity contribution in [3.05, 3.63) is 11.6 Å². The molecular formula is C28H44F2O4. The van der Waals surface area contributed by atoms with Crippen molar-refractivity contribution in [1.29, 1.82) is 0 Å². The quantitative estimate of drug-likeness (QED) is 0.259. The van der Waals surface area contributed by atoms with E-state index in [4.69, 9.17) is 4.74 Å². The summed E-state index contributed by atoms with van der Waals surface area (Å²) in [5, 5.41) is 0. The fourth-order valence-electron chi connectivity index (χ4n) is 7.34. The van der Waals surface area contributed by atoms with E-state index in [1.807, 2.05) is 6.92 Å². The summed E-state index contributed by atoms with van der Waals surface area (Å²) < 4.78 is 38.3. The smallest absolute Gasteiger partial charge is 0.376 e. The topological polar surface area (TPSA) is 52.6 Å². The first-order valence-electron chi connectivity index (χ1n) is 13.4. The molecule has 0 radical (unpaired) electrons. The zero-order valence-corrected chi connectivity index (χ0v) is 21.7. The minimum absolute atomic E-state index is 0.0147. The molecule has 3 aliphatic rings. The number of fused-ring (bicyclic) bond motifs is 3. The highest BCUT2D eigenvalue weighted by Gasteiger charge is 2.51. The van der Waals surface area contributed by atoms with Gasteiger partial charge < -0.3 is 9.47 Å². The summed E-state index contributed by atoms with van der Waals surface area (Å²) in [5.41, 5.74) is 1.67. The number of rotatable bonds is 9. The van der Waals surface area contributed by atoms with Crippen LogP contribution in [0.3, 0.4) is 0 Å². The molecule has 3 aliphatic carbocycles. The van der Waals surface area contributed by atoms with Crippen molar-refractivity contribution in [3.8, 4) is 0 Å². The molecule has 0 bridgehead atoms. The lowest BCUT2D eigenvalue weighted by Gasteiger charge is -2.55. The molecule has 0 aromatic rings. The van der Waals surface area contributed by atoms with E-state index in [1.165, 1.54) is 25.3 Å². The second-order valence-corrected chi connectivity index (χ2v) is 11.5. The van der Waals surface area contributed by atoms with Crippen LogP contribution in [0.4, 0.5) is 8.78 Å². The number of halogens is 2. The maximum absolute atomic E-state index is 14.1. The molecular weight excluding hydrogens is 438 g/mol. The highest BCUT2D eigenvalue weighted by Crippen LogP contribution is 2.59. The Morgan fingerprint density at radius 2 is 2.00 bits per heavy atom. The van der Waals surface area contributed by atoms with E-state index in [9.17, 15) is 18.4 Å². The van der Waals surface area contributed by atoms with Crippen LogP contribution in [0, 0.1) is 35.0 Å². The molecule has 7 atom stereocenters. The van der Waals surface area contributed by atoms with Gasteiger partial charge in [0.2, 0.25) is 0 Å². The first-order chi connectivity index (χ1) is 16.0. The number of carbonyl (C=O) groups is 2. The zero-order chi connectivity index (χ0) is 25.1. The van der Waals surface area contributed by atoms with Gasteiger partial charge in [0.15, 0.2) is 0 Å². The van der Waals surface area contributed by atoms with Crippen LogP contribution in [0.5, 0.6) is 0 Å². The predicted molar refractivity (Wildman–Crippen MR) is 128 cm³/mol. The molecule has 34 heavy (non-hydrogen) atoms. The van der Waals surface area contributed by atoms with Crippen molar-refractivity contribution in [1.82, 2.24) is 0 Å². The van der Waals surface area contributed by atoms with Gasteiger partial charge in [0, 0.05) is 19.8 Å². The predicted octanol–water partition coefficient (Wildman–Crippen LogP) is 7.11. The molecule has 2 saturated carbocycles. The summed E-state index contributed by atoms with van der Waals surface area (Å²) in [5.74, 6) is -2.66. The van der Waals surface area contributed by atoms with Crippen LogP contribution in [-0.2, 0) is 19.1 Å². The molecule has 0 aliphatic heterocycles. The lowest BCUT2D eigenvalue weighted by Crippen LogP contribution is -2.47. The SMILES string of the molecule is CCOC(=O)C(F)(F)CC(C)CCCC1C(C)CCC2C1CC=C1CC(OC(C)=O)CCC12C. The lowest BCUT2D eigenvalue weighted by molar-refractivity contribution is -0.173. The third-order valence-corrected chi connectivity index (χ3v) is 9.10. The Labute approximate surface area is 204 Å². The Morgan fingerprint density at radius 3 is 2.68 bits per heavy atom. The fourth-order valence-corrected chi connectivity index (χ4v) is 7.34. The molecule has 2 fully saturated rings. The first-order valence-corrected chi connectivity index (χ1v) is 13.4. The number of alkyl halides is 2. The average molecular weight is 483 g/mol. The fraction of sp³-hybridized carbons (Fsp3) is 0.857. The monoisotopic (exact) mass is 482 g/mol. The van der Waals surface area contributed by atoms with Crippen molar-refractivity contribution in [2.24, 2.45) is 35.0 Å². The van der Waals surface area contributed by atoms with Crippen molar-refractivity contribution in [2.75, 3.05) is 6.61 Å². The second kappa shape index (κ2) is 11.1. The Morgan fingerprint density at radius 1 is 1.26 bits per heavy atom. The number of hydrogen-bond donors (Lipinski definition) is 0. The minimum atomic E-state index is -3.40. The van der Waals surface area contributed by atoms with E-state index in [0.717, 1.165) is 38.5 Å². The molecule has 0 heterocycles. The van der Waals surface area contributed by atoms with Crippen molar-refractivity contribution in [2.45, 2.75) is 111 Å². The maximum Gasteiger partial charge on any atom is 0.376 e. The molecule has 0 amide bonds. The second-order valence-electron chi connectivity index (χ2n) is 11.5. The first kappa shape index (κ1) is 27.1. The number of ether oxygens (including phenoxy) is 2. The van der Waals surface area contributed by atoms with Gasteiger partial charge in [0.25, 0.3) is 0 Å². The summed E-state index contributed by atoms with van der Waals surface area (Å²) in [6.07, 6.45) is 11.1. The van der Waals surface area contributed by atoms with Crippen molar-refractivity contribution >= 4 is 11.9 Å². The summed E-state index contributed by atoms with van der Waals surface area (Å²) in [6, 6.07) is 0. The average Bonchev–Trinajstić information content (AvgIpc) is 2.74. The van der Waals surface area contributed by atoms with Crippen LogP contribution in [0.2, 0.25) is 0 Å². The molecule has 7 unspecified atom stereocenters. The molecule has 0 aromatic carbocycles. The van der Waals surface area contributed by atoms with Crippen LogP contribution in [0.1, 0.15) is 98.8 Å². The van der Waals surface area contributed by atoms with Gasteiger partial charge in [-0.05, 0) is 74.0 Å². The summed E-state index contributed by atoms with van der Waals surface area (Å²) in [7, 11) is 0. The van der Waals surface area contributed by atoms with E-state index in [0.29, 0.717) is 30.1 Å². The van der Waals surface area contributed by atoms with Gasteiger partial charge >= 0.3 is 17.9 Å². The van der Waals surface area contributed by atoms with E-state index in [2.05, 4.69) is 24.7 Å². The molecule has 3 rings (SSSR count). The van der Waals surface area contributed by atoms with Gasteiger partial charge in [-0.1, -0.05) is 51.7 Å². The number of hydrogen-bond acceptors (Lipinski definition) is 4. The van der Waals surface area contributed by atoms with Crippen LogP contribution in [0.25, 0.3) is 0 Å². The largest absolute Gasteiger partial charge is 0.462 e. The normalized spacial score (nSPS) is 34.3.